The lowest BCUT2D eigenvalue weighted by molar-refractivity contribution is -0.132. The number of aryl methyl sites for hydroxylation is 1. The molecule has 1 fully saturated rings. The van der Waals surface area contributed by atoms with Crippen LogP contribution in [0.5, 0.6) is 5.75 Å². The van der Waals surface area contributed by atoms with Crippen molar-refractivity contribution in [2.75, 3.05) is 39.3 Å². The van der Waals surface area contributed by atoms with Gasteiger partial charge in [-0.3, -0.25) is 9.69 Å². The minimum Gasteiger partial charge on any atom is -0.492 e. The van der Waals surface area contributed by atoms with E-state index >= 15 is 0 Å². The predicted octanol–water partition coefficient (Wildman–Crippen LogP) is 2.90. The van der Waals surface area contributed by atoms with E-state index in [-0.39, 0.29) is 11.7 Å². The number of rotatable bonds is 6. The van der Waals surface area contributed by atoms with Crippen LogP contribution < -0.4 is 4.74 Å². The lowest BCUT2D eigenvalue weighted by atomic mass is 10.1. The maximum Gasteiger partial charge on any atom is 0.227 e. The number of hydrogen-bond acceptors (Lipinski definition) is 3. The molecule has 1 aliphatic rings. The summed E-state index contributed by atoms with van der Waals surface area (Å²) in [6.45, 7) is 6.71. The highest BCUT2D eigenvalue weighted by molar-refractivity contribution is 5.78. The van der Waals surface area contributed by atoms with Gasteiger partial charge in [-0.05, 0) is 36.2 Å². The molecule has 0 aliphatic carbocycles. The van der Waals surface area contributed by atoms with Gasteiger partial charge in [0, 0.05) is 32.7 Å². The Balaban J connectivity index is 1.39. The fourth-order valence-electron chi connectivity index (χ4n) is 3.11. The third kappa shape index (κ3) is 5.05. The Bertz CT molecular complexity index is 725. The molecule has 1 saturated heterocycles. The summed E-state index contributed by atoms with van der Waals surface area (Å²) >= 11 is 0. The second-order valence-electron chi connectivity index (χ2n) is 6.64. The number of halogens is 1. The zero-order chi connectivity index (χ0) is 18.4. The summed E-state index contributed by atoms with van der Waals surface area (Å²) in [5.74, 6) is 0.760. The summed E-state index contributed by atoms with van der Waals surface area (Å²) in [7, 11) is 0. The third-order valence-electron chi connectivity index (χ3n) is 4.75. The number of hydrogen-bond donors (Lipinski definition) is 0. The van der Waals surface area contributed by atoms with Crippen molar-refractivity contribution >= 4 is 5.91 Å². The van der Waals surface area contributed by atoms with Crippen LogP contribution in [0.25, 0.3) is 0 Å². The molecular weight excluding hydrogens is 331 g/mol. The van der Waals surface area contributed by atoms with Gasteiger partial charge >= 0.3 is 0 Å². The van der Waals surface area contributed by atoms with Crippen LogP contribution in [-0.4, -0.2) is 55.0 Å². The van der Waals surface area contributed by atoms with E-state index in [1.807, 2.05) is 36.1 Å². The number of para-hydroxylation sites is 1. The summed E-state index contributed by atoms with van der Waals surface area (Å²) in [4.78, 5) is 16.6. The number of amides is 1. The Morgan fingerprint density at radius 3 is 2.42 bits per heavy atom. The minimum atomic E-state index is -0.275. The molecule has 0 unspecified atom stereocenters. The zero-order valence-electron chi connectivity index (χ0n) is 15.2. The molecule has 0 N–H and O–H groups in total. The van der Waals surface area contributed by atoms with Gasteiger partial charge in [-0.15, -0.1) is 0 Å². The summed E-state index contributed by atoms with van der Waals surface area (Å²) < 4.78 is 18.8. The van der Waals surface area contributed by atoms with Gasteiger partial charge in [0.25, 0.3) is 0 Å². The molecule has 0 bridgehead atoms. The topological polar surface area (TPSA) is 32.8 Å². The van der Waals surface area contributed by atoms with Gasteiger partial charge in [-0.1, -0.05) is 30.3 Å². The molecule has 0 saturated carbocycles. The molecule has 1 heterocycles. The Labute approximate surface area is 154 Å². The van der Waals surface area contributed by atoms with Crippen LogP contribution in [-0.2, 0) is 11.2 Å². The number of carbonyl (C=O) groups is 1. The van der Waals surface area contributed by atoms with Crippen molar-refractivity contribution in [2.24, 2.45) is 0 Å². The minimum absolute atomic E-state index is 0.104. The molecule has 0 atom stereocenters. The summed E-state index contributed by atoms with van der Waals surface area (Å²) in [5.41, 5.74) is 1.99. The largest absolute Gasteiger partial charge is 0.492 e. The first kappa shape index (κ1) is 18.4. The lowest BCUT2D eigenvalue weighted by Crippen LogP contribution is -2.49. The van der Waals surface area contributed by atoms with E-state index in [9.17, 15) is 9.18 Å². The average molecular weight is 356 g/mol. The lowest BCUT2D eigenvalue weighted by Gasteiger charge is -2.34. The van der Waals surface area contributed by atoms with Crippen molar-refractivity contribution in [3.63, 3.8) is 0 Å². The maximum absolute atomic E-state index is 12.9. The number of nitrogens with zero attached hydrogens (tertiary/aromatic N) is 2. The van der Waals surface area contributed by atoms with E-state index in [2.05, 4.69) is 4.90 Å². The van der Waals surface area contributed by atoms with Gasteiger partial charge in [0.1, 0.15) is 18.2 Å². The Morgan fingerprint density at radius 1 is 1.04 bits per heavy atom. The van der Waals surface area contributed by atoms with Gasteiger partial charge in [0.15, 0.2) is 0 Å². The van der Waals surface area contributed by atoms with Crippen LogP contribution in [0.3, 0.4) is 0 Å². The van der Waals surface area contributed by atoms with Gasteiger partial charge in [0.05, 0.1) is 6.42 Å². The van der Waals surface area contributed by atoms with E-state index < -0.39 is 0 Å². The van der Waals surface area contributed by atoms with Crippen molar-refractivity contribution in [3.05, 3.63) is 65.5 Å². The highest BCUT2D eigenvalue weighted by Crippen LogP contribution is 2.16. The van der Waals surface area contributed by atoms with Crippen LogP contribution in [0, 0.1) is 12.7 Å². The molecule has 2 aromatic rings. The molecule has 3 rings (SSSR count). The highest BCUT2D eigenvalue weighted by Gasteiger charge is 2.21. The van der Waals surface area contributed by atoms with Crippen LogP contribution in [0.1, 0.15) is 11.1 Å². The normalized spacial score (nSPS) is 15.1. The second kappa shape index (κ2) is 8.81. The van der Waals surface area contributed by atoms with Crippen LogP contribution in [0.2, 0.25) is 0 Å². The van der Waals surface area contributed by atoms with Crippen LogP contribution >= 0.6 is 0 Å². The number of piperazine rings is 1. The fraction of sp³-hybridized carbons (Fsp3) is 0.381. The number of ether oxygens (including phenoxy) is 1. The van der Waals surface area contributed by atoms with E-state index in [0.717, 1.165) is 49.6 Å². The quantitative estimate of drug-likeness (QED) is 0.798. The molecule has 1 aliphatic heterocycles. The first-order valence-corrected chi connectivity index (χ1v) is 9.05. The monoisotopic (exact) mass is 356 g/mol. The van der Waals surface area contributed by atoms with Gasteiger partial charge in [-0.25, -0.2) is 4.39 Å². The molecule has 138 valence electrons. The number of benzene rings is 2. The van der Waals surface area contributed by atoms with Crippen LogP contribution in [0.4, 0.5) is 4.39 Å². The van der Waals surface area contributed by atoms with E-state index in [1.165, 1.54) is 12.1 Å². The van der Waals surface area contributed by atoms with Crippen molar-refractivity contribution in [2.45, 2.75) is 13.3 Å². The van der Waals surface area contributed by atoms with Gasteiger partial charge < -0.3 is 9.64 Å². The Hall–Kier alpha value is -2.40. The Morgan fingerprint density at radius 2 is 1.73 bits per heavy atom. The number of carbonyl (C=O) groups excluding carboxylic acids is 1. The summed E-state index contributed by atoms with van der Waals surface area (Å²) in [6, 6.07) is 14.2. The molecule has 0 spiro atoms. The molecule has 5 heteroatoms. The van der Waals surface area contributed by atoms with Gasteiger partial charge in [-0.2, -0.15) is 0 Å². The van der Waals surface area contributed by atoms with Crippen molar-refractivity contribution in [3.8, 4) is 5.75 Å². The zero-order valence-corrected chi connectivity index (χ0v) is 15.2. The molecule has 0 radical (unpaired) electrons. The molecule has 1 amide bonds. The predicted molar refractivity (Wildman–Crippen MR) is 99.8 cm³/mol. The van der Waals surface area contributed by atoms with Gasteiger partial charge in [0.2, 0.25) is 5.91 Å². The van der Waals surface area contributed by atoms with Crippen molar-refractivity contribution in [1.82, 2.24) is 9.80 Å². The first-order chi connectivity index (χ1) is 12.6. The Kier molecular flexibility index (Phi) is 6.23. The third-order valence-corrected chi connectivity index (χ3v) is 4.75. The van der Waals surface area contributed by atoms with E-state index in [1.54, 1.807) is 12.1 Å². The molecule has 0 aromatic heterocycles. The van der Waals surface area contributed by atoms with Crippen LogP contribution in [0.15, 0.2) is 48.5 Å². The standard InChI is InChI=1S/C21H25FN2O2/c1-17-4-2-3-5-20(17)26-15-14-23-10-12-24(13-11-23)21(25)16-18-6-8-19(22)9-7-18/h2-9H,10-16H2,1H3. The van der Waals surface area contributed by atoms with E-state index in [0.29, 0.717) is 13.0 Å². The molecule has 2 aromatic carbocycles. The highest BCUT2D eigenvalue weighted by atomic mass is 19.1. The van der Waals surface area contributed by atoms with E-state index in [4.69, 9.17) is 4.74 Å². The SMILES string of the molecule is Cc1ccccc1OCCN1CCN(C(=O)Cc2ccc(F)cc2)CC1. The summed E-state index contributed by atoms with van der Waals surface area (Å²) in [5, 5.41) is 0. The first-order valence-electron chi connectivity index (χ1n) is 9.05. The average Bonchev–Trinajstić information content (AvgIpc) is 2.66. The smallest absolute Gasteiger partial charge is 0.227 e. The summed E-state index contributed by atoms with van der Waals surface area (Å²) in [6.07, 6.45) is 0.330. The maximum atomic E-state index is 12.9. The second-order valence-corrected chi connectivity index (χ2v) is 6.64. The van der Waals surface area contributed by atoms with Crippen molar-refractivity contribution < 1.29 is 13.9 Å². The molecular formula is C21H25FN2O2. The molecule has 26 heavy (non-hydrogen) atoms. The van der Waals surface area contributed by atoms with Crippen molar-refractivity contribution in [1.29, 1.82) is 0 Å². The fourth-order valence-corrected chi connectivity index (χ4v) is 3.11. The molecule has 4 nitrogen and oxygen atoms in total.